The molecule has 0 aliphatic carbocycles. The average molecular weight is 323 g/mol. The number of benzene rings is 1. The molecule has 0 unspecified atom stereocenters. The van der Waals surface area contributed by atoms with E-state index in [1.807, 2.05) is 13.8 Å². The van der Waals surface area contributed by atoms with Gasteiger partial charge in [0.25, 0.3) is 0 Å². The van der Waals surface area contributed by atoms with Gasteiger partial charge in [-0.05, 0) is 23.6 Å². The topological polar surface area (TPSA) is 66.6 Å². The zero-order valence-electron chi connectivity index (χ0n) is 12.4. The molecule has 0 bridgehead atoms. The van der Waals surface area contributed by atoms with E-state index >= 15 is 0 Å². The van der Waals surface area contributed by atoms with Crippen molar-refractivity contribution in [2.75, 3.05) is 0 Å². The maximum absolute atomic E-state index is 13.3. The highest BCUT2D eigenvalue weighted by Crippen LogP contribution is 2.35. The van der Waals surface area contributed by atoms with Gasteiger partial charge in [0.1, 0.15) is 22.5 Å². The monoisotopic (exact) mass is 323 g/mol. The maximum atomic E-state index is 13.3. The number of rotatable bonds is 5. The molecule has 0 spiro atoms. The van der Waals surface area contributed by atoms with Crippen molar-refractivity contribution < 1.29 is 8.78 Å². The van der Waals surface area contributed by atoms with E-state index in [1.165, 1.54) is 23.9 Å². The molecule has 22 heavy (non-hydrogen) atoms. The Hall–Kier alpha value is -2.05. The lowest BCUT2D eigenvalue weighted by Gasteiger charge is -2.08. The summed E-state index contributed by atoms with van der Waals surface area (Å²) in [5.74, 6) is -0.497. The summed E-state index contributed by atoms with van der Waals surface area (Å²) in [6, 6.07) is 3.39. The van der Waals surface area contributed by atoms with Crippen molar-refractivity contribution in [1.29, 1.82) is 0 Å². The summed E-state index contributed by atoms with van der Waals surface area (Å²) >= 11 is 1.24. The van der Waals surface area contributed by atoms with Crippen LogP contribution in [0.15, 0.2) is 33.2 Å². The first-order valence-corrected chi connectivity index (χ1v) is 7.44. The Morgan fingerprint density at radius 3 is 2.50 bits per heavy atom. The maximum Gasteiger partial charge on any atom is 0.127 e. The third-order valence-electron chi connectivity index (χ3n) is 3.03. The Bertz CT molecular complexity index is 715. The third-order valence-corrected chi connectivity index (χ3v) is 4.18. The van der Waals surface area contributed by atoms with Crippen LogP contribution in [-0.2, 0) is 13.6 Å². The highest BCUT2D eigenvalue weighted by atomic mass is 32.2. The standard InChI is InChI=1S/C14H15F2N5S/c1-8(2)13-14(21(3)12(19-13)7-18-20-17)22-11-5-9(15)4-10(16)6-11/h4-6,8H,7H2,1-3H3. The lowest BCUT2D eigenvalue weighted by molar-refractivity contribution is 0.577. The van der Waals surface area contributed by atoms with E-state index in [-0.39, 0.29) is 12.5 Å². The molecule has 116 valence electrons. The summed E-state index contributed by atoms with van der Waals surface area (Å²) in [6.45, 7) is 4.09. The van der Waals surface area contributed by atoms with Crippen LogP contribution in [0.5, 0.6) is 0 Å². The number of nitrogens with zero attached hydrogens (tertiary/aromatic N) is 5. The van der Waals surface area contributed by atoms with Gasteiger partial charge in [0.2, 0.25) is 0 Å². The predicted molar refractivity (Wildman–Crippen MR) is 80.6 cm³/mol. The van der Waals surface area contributed by atoms with Gasteiger partial charge in [-0.3, -0.25) is 0 Å². The van der Waals surface area contributed by atoms with Gasteiger partial charge < -0.3 is 4.57 Å². The fourth-order valence-corrected chi connectivity index (χ4v) is 3.18. The molecule has 1 heterocycles. The largest absolute Gasteiger partial charge is 0.326 e. The summed E-state index contributed by atoms with van der Waals surface area (Å²) in [7, 11) is 1.79. The summed E-state index contributed by atoms with van der Waals surface area (Å²) in [6.07, 6.45) is 0. The van der Waals surface area contributed by atoms with Crippen molar-refractivity contribution in [1.82, 2.24) is 9.55 Å². The van der Waals surface area contributed by atoms with E-state index in [0.717, 1.165) is 16.8 Å². The van der Waals surface area contributed by atoms with E-state index in [4.69, 9.17) is 5.53 Å². The molecule has 8 heteroatoms. The number of aromatic nitrogens is 2. The fraction of sp³-hybridized carbons (Fsp3) is 0.357. The van der Waals surface area contributed by atoms with Crippen LogP contribution >= 0.6 is 11.8 Å². The molecule has 1 aromatic heterocycles. The summed E-state index contributed by atoms with van der Waals surface area (Å²) in [5, 5.41) is 4.30. The van der Waals surface area contributed by atoms with Crippen molar-refractivity contribution >= 4 is 11.8 Å². The Morgan fingerprint density at radius 2 is 1.95 bits per heavy atom. The first-order valence-electron chi connectivity index (χ1n) is 6.62. The second kappa shape index (κ2) is 6.81. The molecule has 0 N–H and O–H groups in total. The van der Waals surface area contributed by atoms with E-state index in [2.05, 4.69) is 15.0 Å². The number of imidazole rings is 1. The van der Waals surface area contributed by atoms with Crippen molar-refractivity contribution in [3.63, 3.8) is 0 Å². The molecule has 0 amide bonds. The SMILES string of the molecule is CC(C)c1nc(CN=[N+]=[N-])n(C)c1Sc1cc(F)cc(F)c1. The van der Waals surface area contributed by atoms with Crippen LogP contribution in [0.2, 0.25) is 0 Å². The molecule has 0 saturated heterocycles. The first kappa shape index (κ1) is 16.3. The zero-order valence-corrected chi connectivity index (χ0v) is 13.2. The molecule has 0 saturated carbocycles. The normalized spacial score (nSPS) is 10.8. The van der Waals surface area contributed by atoms with Crippen LogP contribution in [0.3, 0.4) is 0 Å². The number of hydrogen-bond donors (Lipinski definition) is 0. The number of azide groups is 1. The van der Waals surface area contributed by atoms with Gasteiger partial charge in [0, 0.05) is 22.9 Å². The molecule has 0 aliphatic heterocycles. The third kappa shape index (κ3) is 3.58. The van der Waals surface area contributed by atoms with E-state index in [9.17, 15) is 8.78 Å². The van der Waals surface area contributed by atoms with Gasteiger partial charge in [0.15, 0.2) is 0 Å². The van der Waals surface area contributed by atoms with Crippen LogP contribution < -0.4 is 0 Å². The van der Waals surface area contributed by atoms with Crippen molar-refractivity contribution in [2.45, 2.75) is 36.2 Å². The Kier molecular flexibility index (Phi) is 5.05. The van der Waals surface area contributed by atoms with Crippen LogP contribution in [0.25, 0.3) is 10.4 Å². The Balaban J connectivity index is 2.44. The van der Waals surface area contributed by atoms with Gasteiger partial charge in [-0.15, -0.1) is 0 Å². The van der Waals surface area contributed by atoms with Crippen molar-refractivity contribution in [3.8, 4) is 0 Å². The minimum atomic E-state index is -0.620. The van der Waals surface area contributed by atoms with E-state index < -0.39 is 11.6 Å². The lowest BCUT2D eigenvalue weighted by Crippen LogP contribution is -1.98. The van der Waals surface area contributed by atoms with Crippen LogP contribution in [0.1, 0.15) is 31.3 Å². The molecular formula is C14H15F2N5S. The molecule has 2 aromatic rings. The highest BCUT2D eigenvalue weighted by Gasteiger charge is 2.18. The number of hydrogen-bond acceptors (Lipinski definition) is 3. The molecule has 5 nitrogen and oxygen atoms in total. The number of halogens is 2. The summed E-state index contributed by atoms with van der Waals surface area (Å²) in [4.78, 5) is 7.66. The molecule has 0 fully saturated rings. The first-order chi connectivity index (χ1) is 10.4. The van der Waals surface area contributed by atoms with E-state index in [1.54, 1.807) is 11.6 Å². The second-order valence-electron chi connectivity index (χ2n) is 5.03. The van der Waals surface area contributed by atoms with Crippen LogP contribution in [-0.4, -0.2) is 9.55 Å². The molecule has 0 aliphatic rings. The van der Waals surface area contributed by atoms with Gasteiger partial charge in [-0.2, -0.15) is 0 Å². The molecular weight excluding hydrogens is 308 g/mol. The van der Waals surface area contributed by atoms with E-state index in [0.29, 0.717) is 10.7 Å². The molecule has 0 radical (unpaired) electrons. The quantitative estimate of drug-likeness (QED) is 0.451. The van der Waals surface area contributed by atoms with Gasteiger partial charge in [0.05, 0.1) is 12.2 Å². The van der Waals surface area contributed by atoms with Gasteiger partial charge in [-0.25, -0.2) is 13.8 Å². The minimum Gasteiger partial charge on any atom is -0.326 e. The van der Waals surface area contributed by atoms with Crippen LogP contribution in [0, 0.1) is 11.6 Å². The smallest absolute Gasteiger partial charge is 0.127 e. The van der Waals surface area contributed by atoms with Crippen molar-refractivity contribution in [3.05, 3.63) is 51.8 Å². The minimum absolute atomic E-state index is 0.130. The second-order valence-corrected chi connectivity index (χ2v) is 6.09. The zero-order chi connectivity index (χ0) is 16.3. The van der Waals surface area contributed by atoms with Crippen LogP contribution in [0.4, 0.5) is 8.78 Å². The van der Waals surface area contributed by atoms with Gasteiger partial charge in [-0.1, -0.05) is 30.7 Å². The fourth-order valence-electron chi connectivity index (χ4n) is 1.98. The highest BCUT2D eigenvalue weighted by molar-refractivity contribution is 7.99. The molecule has 2 rings (SSSR count). The summed E-state index contributed by atoms with van der Waals surface area (Å²) in [5.41, 5.74) is 9.24. The molecule has 1 aromatic carbocycles. The lowest BCUT2D eigenvalue weighted by atomic mass is 10.2. The Labute approximate surface area is 131 Å². The predicted octanol–water partition coefficient (Wildman–Crippen LogP) is 4.78. The molecule has 0 atom stereocenters. The Morgan fingerprint density at radius 1 is 1.32 bits per heavy atom. The van der Waals surface area contributed by atoms with Crippen molar-refractivity contribution in [2.24, 2.45) is 12.2 Å². The summed E-state index contributed by atoms with van der Waals surface area (Å²) < 4.78 is 28.5. The van der Waals surface area contributed by atoms with Gasteiger partial charge >= 0.3 is 0 Å². The average Bonchev–Trinajstić information content (AvgIpc) is 2.73.